The molecule has 0 saturated carbocycles. The summed E-state index contributed by atoms with van der Waals surface area (Å²) in [7, 11) is 1.53. The number of para-hydroxylation sites is 1. The summed E-state index contributed by atoms with van der Waals surface area (Å²) in [4.78, 5) is 40.8. The lowest BCUT2D eigenvalue weighted by Crippen LogP contribution is -2.23. The zero-order valence-corrected chi connectivity index (χ0v) is 19.3. The van der Waals surface area contributed by atoms with Crippen LogP contribution in [0.15, 0.2) is 76.7 Å². The second kappa shape index (κ2) is 9.94. The fourth-order valence-electron chi connectivity index (χ4n) is 3.22. The predicted molar refractivity (Wildman–Crippen MR) is 131 cm³/mol. The molecule has 0 aliphatic heterocycles. The van der Waals surface area contributed by atoms with E-state index in [1.54, 1.807) is 48.5 Å². The molecule has 172 valence electrons. The number of nitrogens with one attached hydrogen (secondary N) is 1. The number of aromatic nitrogens is 2. The van der Waals surface area contributed by atoms with Crippen molar-refractivity contribution in [1.29, 1.82) is 0 Å². The Kier molecular flexibility index (Phi) is 6.80. The molecule has 3 aromatic carbocycles. The van der Waals surface area contributed by atoms with Gasteiger partial charge in [0.2, 0.25) is 5.91 Å². The minimum atomic E-state index is -0.573. The summed E-state index contributed by atoms with van der Waals surface area (Å²) in [6, 6.07) is 17.7. The van der Waals surface area contributed by atoms with Gasteiger partial charge in [-0.15, -0.1) is 0 Å². The van der Waals surface area contributed by atoms with Gasteiger partial charge >= 0.3 is 0 Å². The van der Waals surface area contributed by atoms with Crippen LogP contribution in [0.3, 0.4) is 0 Å². The van der Waals surface area contributed by atoms with Crippen LogP contribution in [0.4, 0.5) is 11.4 Å². The number of hydrogen-bond acceptors (Lipinski definition) is 7. The molecule has 1 N–H and O–H groups in total. The maximum atomic E-state index is 13.3. The average molecular weight is 497 g/mol. The summed E-state index contributed by atoms with van der Waals surface area (Å²) in [6.07, 6.45) is 0. The Morgan fingerprint density at radius 1 is 1.18 bits per heavy atom. The summed E-state index contributed by atoms with van der Waals surface area (Å²) in [6.45, 7) is 0. The van der Waals surface area contributed by atoms with Gasteiger partial charge in [0.1, 0.15) is 5.75 Å². The molecule has 1 aromatic heterocycles. The van der Waals surface area contributed by atoms with Crippen molar-refractivity contribution in [3.8, 4) is 11.4 Å². The Balaban J connectivity index is 1.64. The third kappa shape index (κ3) is 4.87. The number of fused-ring (bicyclic) bond motifs is 1. The van der Waals surface area contributed by atoms with Crippen molar-refractivity contribution in [1.82, 2.24) is 9.55 Å². The van der Waals surface area contributed by atoms with Gasteiger partial charge in [-0.3, -0.25) is 24.3 Å². The van der Waals surface area contributed by atoms with Crippen LogP contribution in [0.2, 0.25) is 5.02 Å². The molecule has 11 heteroatoms. The van der Waals surface area contributed by atoms with Gasteiger partial charge in [0, 0.05) is 18.2 Å². The molecule has 34 heavy (non-hydrogen) atoms. The zero-order chi connectivity index (χ0) is 24.2. The van der Waals surface area contributed by atoms with Crippen molar-refractivity contribution in [2.45, 2.75) is 5.16 Å². The van der Waals surface area contributed by atoms with Gasteiger partial charge in [-0.2, -0.15) is 0 Å². The van der Waals surface area contributed by atoms with E-state index in [4.69, 9.17) is 16.3 Å². The SMILES string of the molecule is COc1cccc(-n2c(SCC(=O)Nc3ccc([N+](=O)[O-])cc3Cl)nc3ccccc3c2=O)c1. The van der Waals surface area contributed by atoms with Crippen molar-refractivity contribution in [2.75, 3.05) is 18.2 Å². The summed E-state index contributed by atoms with van der Waals surface area (Å²) >= 11 is 7.13. The number of nitro groups is 1. The zero-order valence-electron chi connectivity index (χ0n) is 17.7. The molecule has 0 saturated heterocycles. The minimum absolute atomic E-state index is 0.0460. The Labute approximate surface area is 202 Å². The molecule has 0 aliphatic rings. The van der Waals surface area contributed by atoms with Crippen molar-refractivity contribution >= 4 is 51.5 Å². The van der Waals surface area contributed by atoms with Crippen molar-refractivity contribution < 1.29 is 14.5 Å². The number of halogens is 1. The molecule has 4 aromatic rings. The van der Waals surface area contributed by atoms with Crippen LogP contribution in [0.5, 0.6) is 5.75 Å². The van der Waals surface area contributed by atoms with E-state index in [1.807, 2.05) is 0 Å². The third-order valence-corrected chi connectivity index (χ3v) is 6.08. The highest BCUT2D eigenvalue weighted by molar-refractivity contribution is 7.99. The molecule has 0 spiro atoms. The molecular formula is C23H17ClN4O5S. The molecule has 0 atom stereocenters. The highest BCUT2D eigenvalue weighted by Gasteiger charge is 2.16. The highest BCUT2D eigenvalue weighted by atomic mass is 35.5. The minimum Gasteiger partial charge on any atom is -0.497 e. The summed E-state index contributed by atoms with van der Waals surface area (Å²) < 4.78 is 6.71. The van der Waals surface area contributed by atoms with E-state index in [0.29, 0.717) is 27.5 Å². The van der Waals surface area contributed by atoms with Crippen LogP contribution in [-0.4, -0.2) is 33.2 Å². The summed E-state index contributed by atoms with van der Waals surface area (Å²) in [5.74, 6) is 0.0710. The number of benzene rings is 3. The summed E-state index contributed by atoms with van der Waals surface area (Å²) in [5, 5.41) is 14.3. The van der Waals surface area contributed by atoms with E-state index >= 15 is 0 Å². The van der Waals surface area contributed by atoms with E-state index in [1.165, 1.54) is 23.8 Å². The molecule has 1 amide bonds. The number of methoxy groups -OCH3 is 1. The topological polar surface area (TPSA) is 116 Å². The first-order chi connectivity index (χ1) is 16.4. The molecule has 0 unspecified atom stereocenters. The Bertz CT molecular complexity index is 1470. The largest absolute Gasteiger partial charge is 0.497 e. The highest BCUT2D eigenvalue weighted by Crippen LogP contribution is 2.28. The van der Waals surface area contributed by atoms with Gasteiger partial charge in [0.15, 0.2) is 5.16 Å². The number of amides is 1. The molecule has 1 heterocycles. The average Bonchev–Trinajstić information content (AvgIpc) is 2.84. The summed E-state index contributed by atoms with van der Waals surface area (Å²) in [5.41, 5.74) is 0.839. The van der Waals surface area contributed by atoms with Crippen molar-refractivity contribution in [3.63, 3.8) is 0 Å². The van der Waals surface area contributed by atoms with E-state index in [-0.39, 0.29) is 27.7 Å². The first-order valence-electron chi connectivity index (χ1n) is 9.90. The number of nitrogens with zero attached hydrogens (tertiary/aromatic N) is 3. The lowest BCUT2D eigenvalue weighted by atomic mass is 10.2. The fourth-order valence-corrected chi connectivity index (χ4v) is 4.26. The van der Waals surface area contributed by atoms with Crippen LogP contribution in [0.1, 0.15) is 0 Å². The number of rotatable bonds is 7. The lowest BCUT2D eigenvalue weighted by Gasteiger charge is -2.14. The lowest BCUT2D eigenvalue weighted by molar-refractivity contribution is -0.384. The molecule has 0 aliphatic carbocycles. The smallest absolute Gasteiger partial charge is 0.271 e. The van der Waals surface area contributed by atoms with E-state index < -0.39 is 10.8 Å². The van der Waals surface area contributed by atoms with E-state index in [0.717, 1.165) is 17.8 Å². The maximum absolute atomic E-state index is 13.3. The fraction of sp³-hybridized carbons (Fsp3) is 0.0870. The van der Waals surface area contributed by atoms with Crippen LogP contribution in [0.25, 0.3) is 16.6 Å². The van der Waals surface area contributed by atoms with Gasteiger partial charge in [0.25, 0.3) is 11.2 Å². The second-order valence-corrected chi connectivity index (χ2v) is 8.36. The first-order valence-corrected chi connectivity index (χ1v) is 11.3. The van der Waals surface area contributed by atoms with Crippen molar-refractivity contribution in [3.05, 3.63) is 92.2 Å². The first kappa shape index (κ1) is 23.3. The molecule has 4 rings (SSSR count). The number of thioether (sulfide) groups is 1. The second-order valence-electron chi connectivity index (χ2n) is 7.01. The normalized spacial score (nSPS) is 10.8. The predicted octanol–water partition coefficient (Wildman–Crippen LogP) is 4.69. The van der Waals surface area contributed by atoms with Crippen LogP contribution >= 0.6 is 23.4 Å². The number of ether oxygens (including phenoxy) is 1. The van der Waals surface area contributed by atoms with Gasteiger partial charge in [0.05, 0.1) is 45.1 Å². The molecule has 0 bridgehead atoms. The van der Waals surface area contributed by atoms with Gasteiger partial charge in [-0.05, 0) is 30.3 Å². The van der Waals surface area contributed by atoms with Gasteiger partial charge < -0.3 is 10.1 Å². The van der Waals surface area contributed by atoms with Crippen LogP contribution in [0, 0.1) is 10.1 Å². The van der Waals surface area contributed by atoms with E-state index in [9.17, 15) is 19.7 Å². The Morgan fingerprint density at radius 2 is 1.97 bits per heavy atom. The number of nitro benzene ring substituents is 1. The number of carbonyl (C=O) groups is 1. The molecule has 0 radical (unpaired) electrons. The number of carbonyl (C=O) groups excluding carboxylic acids is 1. The Morgan fingerprint density at radius 3 is 2.71 bits per heavy atom. The van der Waals surface area contributed by atoms with Gasteiger partial charge in [-0.1, -0.05) is 41.6 Å². The molecule has 9 nitrogen and oxygen atoms in total. The maximum Gasteiger partial charge on any atom is 0.271 e. The third-order valence-electron chi connectivity index (χ3n) is 4.83. The quantitative estimate of drug-likeness (QED) is 0.171. The van der Waals surface area contributed by atoms with Gasteiger partial charge in [-0.25, -0.2) is 4.98 Å². The number of non-ortho nitro benzene ring substituents is 1. The number of anilines is 1. The number of hydrogen-bond donors (Lipinski definition) is 1. The molecule has 0 fully saturated rings. The van der Waals surface area contributed by atoms with E-state index in [2.05, 4.69) is 10.3 Å². The molecular weight excluding hydrogens is 480 g/mol. The standard InChI is InChI=1S/C23H17ClN4O5S/c1-33-16-6-4-5-14(11-16)27-22(30)17-7-2-3-8-19(17)26-23(27)34-13-21(29)25-20-10-9-15(28(31)32)12-18(20)24/h2-12H,13H2,1H3,(H,25,29). The van der Waals surface area contributed by atoms with Crippen LogP contribution in [-0.2, 0) is 4.79 Å². The monoisotopic (exact) mass is 496 g/mol. The Hall–Kier alpha value is -3.89. The van der Waals surface area contributed by atoms with Crippen LogP contribution < -0.4 is 15.6 Å². The van der Waals surface area contributed by atoms with Crippen molar-refractivity contribution in [2.24, 2.45) is 0 Å².